The summed E-state index contributed by atoms with van der Waals surface area (Å²) < 4.78 is 5.91. The topological polar surface area (TPSA) is 52.1 Å². The van der Waals surface area contributed by atoms with Crippen LogP contribution in [0, 0.1) is 18.3 Å². The van der Waals surface area contributed by atoms with Crippen LogP contribution in [0.5, 0.6) is 0 Å². The summed E-state index contributed by atoms with van der Waals surface area (Å²) in [6, 6.07) is 0. The van der Waals surface area contributed by atoms with Gasteiger partial charge in [-0.1, -0.05) is 46.1 Å². The van der Waals surface area contributed by atoms with Gasteiger partial charge in [0.25, 0.3) is 0 Å². The quantitative estimate of drug-likeness (QED) is 0.318. The molecule has 164 valence electrons. The Hall–Kier alpha value is -1.55. The standard InChI is InChI=1S/C25H42N2O2/c1-10-20(17-29-25(7,8)9)13-11-12-14-23(28)22-16-26-21(19(3)27-22)15-18(2)24(4,5)6/h15-16,20H,10-14,17H2,1-9H3/b18-15+/t20-/m1/s1. The third-order valence-electron chi connectivity index (χ3n) is 5.40. The first-order valence-electron chi connectivity index (χ1n) is 11.0. The number of allylic oxidation sites excluding steroid dienone is 1. The zero-order valence-corrected chi connectivity index (χ0v) is 20.2. The molecule has 1 aromatic heterocycles. The molecule has 0 aliphatic rings. The van der Waals surface area contributed by atoms with E-state index in [1.165, 1.54) is 5.57 Å². The average Bonchev–Trinajstić information content (AvgIpc) is 2.60. The predicted octanol–water partition coefficient (Wildman–Crippen LogP) is 6.82. The smallest absolute Gasteiger partial charge is 0.182 e. The maximum Gasteiger partial charge on any atom is 0.182 e. The number of carbonyl (C=O) groups excluding carboxylic acids is 1. The maximum absolute atomic E-state index is 12.5. The molecule has 0 bridgehead atoms. The molecule has 1 rings (SSSR count). The molecule has 0 saturated carbocycles. The molecule has 1 heterocycles. The second-order valence-corrected chi connectivity index (χ2v) is 10.2. The number of unbranched alkanes of at least 4 members (excludes halogenated alkanes) is 1. The summed E-state index contributed by atoms with van der Waals surface area (Å²) in [4.78, 5) is 21.5. The summed E-state index contributed by atoms with van der Waals surface area (Å²) in [6.45, 7) is 19.8. The lowest BCUT2D eigenvalue weighted by atomic mass is 9.87. The maximum atomic E-state index is 12.5. The van der Waals surface area contributed by atoms with Crippen LogP contribution in [0.3, 0.4) is 0 Å². The molecule has 29 heavy (non-hydrogen) atoms. The van der Waals surface area contributed by atoms with Crippen LogP contribution in [0.25, 0.3) is 6.08 Å². The number of hydrogen-bond acceptors (Lipinski definition) is 4. The van der Waals surface area contributed by atoms with E-state index in [9.17, 15) is 4.79 Å². The summed E-state index contributed by atoms with van der Waals surface area (Å²) in [5, 5.41) is 0. The SMILES string of the molecule is CC[C@H](CCCCC(=O)c1cnc(/C=C(\C)C(C)(C)C)c(C)n1)COC(C)(C)C. The summed E-state index contributed by atoms with van der Waals surface area (Å²) in [5.74, 6) is 0.645. The van der Waals surface area contributed by atoms with Crippen LogP contribution in [0.15, 0.2) is 11.8 Å². The summed E-state index contributed by atoms with van der Waals surface area (Å²) >= 11 is 0. The first-order valence-corrected chi connectivity index (χ1v) is 11.0. The lowest BCUT2D eigenvalue weighted by Gasteiger charge is -2.23. The molecule has 0 N–H and O–H groups in total. The Morgan fingerprint density at radius 2 is 1.83 bits per heavy atom. The average molecular weight is 403 g/mol. The van der Waals surface area contributed by atoms with Gasteiger partial charge >= 0.3 is 0 Å². The number of aryl methyl sites for hydroxylation is 1. The fraction of sp³-hybridized carbons (Fsp3) is 0.720. The monoisotopic (exact) mass is 402 g/mol. The zero-order chi connectivity index (χ0) is 22.2. The lowest BCUT2D eigenvalue weighted by Crippen LogP contribution is -2.23. The van der Waals surface area contributed by atoms with Crippen LogP contribution >= 0.6 is 0 Å². The van der Waals surface area contributed by atoms with Gasteiger partial charge in [-0.15, -0.1) is 0 Å². The van der Waals surface area contributed by atoms with Crippen molar-refractivity contribution in [3.8, 4) is 0 Å². The molecule has 4 nitrogen and oxygen atoms in total. The van der Waals surface area contributed by atoms with Gasteiger partial charge in [0.15, 0.2) is 5.78 Å². The Kier molecular flexibility index (Phi) is 9.67. The molecule has 1 aromatic rings. The van der Waals surface area contributed by atoms with Crippen molar-refractivity contribution in [2.75, 3.05) is 6.61 Å². The minimum Gasteiger partial charge on any atom is -0.376 e. The first kappa shape index (κ1) is 25.5. The van der Waals surface area contributed by atoms with E-state index in [2.05, 4.69) is 71.4 Å². The molecule has 0 aliphatic heterocycles. The minimum absolute atomic E-state index is 0.0858. The lowest BCUT2D eigenvalue weighted by molar-refractivity contribution is -0.0243. The first-order chi connectivity index (χ1) is 13.3. The van der Waals surface area contributed by atoms with Gasteiger partial charge < -0.3 is 4.74 Å². The Labute approximate surface area is 178 Å². The van der Waals surface area contributed by atoms with Crippen molar-refractivity contribution in [2.45, 2.75) is 100 Å². The summed E-state index contributed by atoms with van der Waals surface area (Å²) in [6.07, 6.45) is 8.36. The Morgan fingerprint density at radius 1 is 1.17 bits per heavy atom. The number of ketones is 1. The number of aromatic nitrogens is 2. The van der Waals surface area contributed by atoms with Crippen molar-refractivity contribution >= 4 is 11.9 Å². The van der Waals surface area contributed by atoms with Gasteiger partial charge in [-0.2, -0.15) is 0 Å². The Morgan fingerprint density at radius 3 is 2.34 bits per heavy atom. The van der Waals surface area contributed by atoms with E-state index in [4.69, 9.17) is 4.74 Å². The molecule has 4 heteroatoms. The molecule has 0 radical (unpaired) electrons. The summed E-state index contributed by atoms with van der Waals surface area (Å²) in [7, 11) is 0. The normalized spacial score (nSPS) is 14.2. The zero-order valence-electron chi connectivity index (χ0n) is 20.2. The van der Waals surface area contributed by atoms with Gasteiger partial charge in [0.05, 0.1) is 29.8 Å². The van der Waals surface area contributed by atoms with Crippen LogP contribution in [-0.4, -0.2) is 28.0 Å². The molecule has 0 fully saturated rings. The fourth-order valence-corrected chi connectivity index (χ4v) is 2.81. The number of Topliss-reactive ketones (excluding diaryl/α,β-unsaturated/α-hetero) is 1. The van der Waals surface area contributed by atoms with Crippen molar-refractivity contribution in [3.63, 3.8) is 0 Å². The van der Waals surface area contributed by atoms with Crippen molar-refractivity contribution < 1.29 is 9.53 Å². The van der Waals surface area contributed by atoms with Gasteiger partial charge in [0.2, 0.25) is 0 Å². The van der Waals surface area contributed by atoms with Crippen molar-refractivity contribution in [1.29, 1.82) is 0 Å². The molecule has 0 unspecified atom stereocenters. The Balaban J connectivity index is 2.56. The van der Waals surface area contributed by atoms with Crippen LogP contribution in [0.4, 0.5) is 0 Å². The van der Waals surface area contributed by atoms with E-state index >= 15 is 0 Å². The largest absolute Gasteiger partial charge is 0.376 e. The van der Waals surface area contributed by atoms with Crippen LogP contribution in [-0.2, 0) is 4.74 Å². The molecule has 0 amide bonds. The van der Waals surface area contributed by atoms with Crippen molar-refractivity contribution in [3.05, 3.63) is 28.9 Å². The van der Waals surface area contributed by atoms with E-state index in [0.717, 1.165) is 43.7 Å². The highest BCUT2D eigenvalue weighted by molar-refractivity contribution is 5.94. The highest BCUT2D eigenvalue weighted by Gasteiger charge is 2.16. The molecule has 1 atom stereocenters. The number of hydrogen-bond donors (Lipinski definition) is 0. The molecular weight excluding hydrogens is 360 g/mol. The highest BCUT2D eigenvalue weighted by atomic mass is 16.5. The number of nitrogens with zero attached hydrogens (tertiary/aromatic N) is 2. The van der Waals surface area contributed by atoms with E-state index in [1.54, 1.807) is 6.20 Å². The van der Waals surface area contributed by atoms with Crippen LogP contribution in [0.1, 0.15) is 109 Å². The fourth-order valence-electron chi connectivity index (χ4n) is 2.81. The van der Waals surface area contributed by atoms with Gasteiger partial charge in [-0.25, -0.2) is 4.98 Å². The summed E-state index contributed by atoms with van der Waals surface area (Å²) in [5.41, 5.74) is 3.39. The third kappa shape index (κ3) is 9.66. The second kappa shape index (κ2) is 11.0. The van der Waals surface area contributed by atoms with Gasteiger partial charge in [0.1, 0.15) is 5.69 Å². The molecule has 0 aliphatic carbocycles. The number of carbonyl (C=O) groups is 1. The number of rotatable bonds is 10. The van der Waals surface area contributed by atoms with E-state index < -0.39 is 0 Å². The van der Waals surface area contributed by atoms with E-state index in [-0.39, 0.29) is 16.8 Å². The third-order valence-corrected chi connectivity index (χ3v) is 5.40. The molecule has 0 spiro atoms. The van der Waals surface area contributed by atoms with E-state index in [0.29, 0.717) is 18.0 Å². The van der Waals surface area contributed by atoms with Gasteiger partial charge in [-0.3, -0.25) is 9.78 Å². The minimum atomic E-state index is -0.0906. The Bertz CT molecular complexity index is 694. The van der Waals surface area contributed by atoms with Crippen LogP contribution in [0.2, 0.25) is 0 Å². The second-order valence-electron chi connectivity index (χ2n) is 10.2. The van der Waals surface area contributed by atoms with Gasteiger partial charge in [0, 0.05) is 6.42 Å². The van der Waals surface area contributed by atoms with Crippen molar-refractivity contribution in [2.24, 2.45) is 11.3 Å². The molecular formula is C25H42N2O2. The number of ether oxygens (including phenoxy) is 1. The van der Waals surface area contributed by atoms with Crippen molar-refractivity contribution in [1.82, 2.24) is 9.97 Å². The van der Waals surface area contributed by atoms with Crippen LogP contribution < -0.4 is 0 Å². The molecule has 0 aromatic carbocycles. The van der Waals surface area contributed by atoms with Gasteiger partial charge in [-0.05, 0) is 64.9 Å². The van der Waals surface area contributed by atoms with E-state index in [1.807, 2.05) is 6.92 Å². The highest BCUT2D eigenvalue weighted by Crippen LogP contribution is 2.26. The molecule has 0 saturated heterocycles. The predicted molar refractivity (Wildman–Crippen MR) is 122 cm³/mol.